The van der Waals surface area contributed by atoms with E-state index >= 15 is 0 Å². The van der Waals surface area contributed by atoms with Crippen LogP contribution in [0.3, 0.4) is 0 Å². The van der Waals surface area contributed by atoms with Crippen LogP contribution in [0.15, 0.2) is 24.3 Å². The Morgan fingerprint density at radius 3 is 2.70 bits per heavy atom. The Bertz CT molecular complexity index is 472. The summed E-state index contributed by atoms with van der Waals surface area (Å²) < 4.78 is 5.11. The van der Waals surface area contributed by atoms with Crippen molar-refractivity contribution < 1.29 is 14.6 Å². The quantitative estimate of drug-likeness (QED) is 0.827. The molecule has 1 amide bonds. The Hall–Kier alpha value is -1.68. The van der Waals surface area contributed by atoms with E-state index in [2.05, 4.69) is 5.32 Å². The maximum atomic E-state index is 11.4. The van der Waals surface area contributed by atoms with Gasteiger partial charge in [0.05, 0.1) is 0 Å². The zero-order chi connectivity index (χ0) is 15.2. The van der Waals surface area contributed by atoms with Crippen molar-refractivity contribution in [1.29, 1.82) is 0 Å². The lowest BCUT2D eigenvalue weighted by Gasteiger charge is -2.19. The molecular formula is C15H20ClNO3. The van der Waals surface area contributed by atoms with Crippen molar-refractivity contribution in [2.75, 3.05) is 6.54 Å². The fourth-order valence-electron chi connectivity index (χ4n) is 1.48. The molecule has 0 aliphatic rings. The van der Waals surface area contributed by atoms with E-state index < -0.39 is 11.7 Å². The van der Waals surface area contributed by atoms with Crippen LogP contribution in [0.1, 0.15) is 32.8 Å². The van der Waals surface area contributed by atoms with Crippen molar-refractivity contribution in [1.82, 2.24) is 5.32 Å². The molecule has 4 nitrogen and oxygen atoms in total. The standard InChI is InChI=1S/C15H20ClNO3/c1-15(2,3)20-14(19)17-7-5-4-6-11-8-12(16)10-13(18)9-11/h4,6,8-10,18H,5,7H2,1-3H3,(H,17,19). The molecule has 20 heavy (non-hydrogen) atoms. The minimum absolute atomic E-state index is 0.129. The van der Waals surface area contributed by atoms with Crippen molar-refractivity contribution in [2.45, 2.75) is 32.8 Å². The number of phenols is 1. The molecule has 2 N–H and O–H groups in total. The van der Waals surface area contributed by atoms with E-state index in [9.17, 15) is 9.90 Å². The zero-order valence-corrected chi connectivity index (χ0v) is 12.7. The molecule has 0 spiro atoms. The minimum Gasteiger partial charge on any atom is -0.508 e. The molecule has 110 valence electrons. The van der Waals surface area contributed by atoms with Crippen molar-refractivity contribution >= 4 is 23.8 Å². The lowest BCUT2D eigenvalue weighted by molar-refractivity contribution is 0.0529. The molecule has 5 heteroatoms. The van der Waals surface area contributed by atoms with Crippen LogP contribution in [0, 0.1) is 0 Å². The average molecular weight is 298 g/mol. The number of hydrogen-bond donors (Lipinski definition) is 2. The van der Waals surface area contributed by atoms with Crippen LogP contribution in [-0.2, 0) is 4.74 Å². The van der Waals surface area contributed by atoms with Crippen LogP contribution in [0.5, 0.6) is 5.75 Å². The number of carbonyl (C=O) groups is 1. The van der Waals surface area contributed by atoms with Crippen LogP contribution in [0.25, 0.3) is 6.08 Å². The summed E-state index contributed by atoms with van der Waals surface area (Å²) in [5.74, 6) is 0.129. The number of halogens is 1. The van der Waals surface area contributed by atoms with Crippen LogP contribution in [-0.4, -0.2) is 23.3 Å². The first kappa shape index (κ1) is 16.4. The summed E-state index contributed by atoms with van der Waals surface area (Å²) >= 11 is 5.83. The zero-order valence-electron chi connectivity index (χ0n) is 11.9. The second-order valence-corrected chi connectivity index (χ2v) is 5.80. The SMILES string of the molecule is CC(C)(C)OC(=O)NCCC=Cc1cc(O)cc(Cl)c1. The summed E-state index contributed by atoms with van der Waals surface area (Å²) in [5, 5.41) is 12.5. The Labute approximate surface area is 124 Å². The third-order valence-corrected chi connectivity index (χ3v) is 2.41. The third-order valence-electron chi connectivity index (χ3n) is 2.19. The van der Waals surface area contributed by atoms with Gasteiger partial charge in [0.1, 0.15) is 11.4 Å². The van der Waals surface area contributed by atoms with Gasteiger partial charge in [0.2, 0.25) is 0 Å². The van der Waals surface area contributed by atoms with Crippen molar-refractivity contribution in [3.63, 3.8) is 0 Å². The van der Waals surface area contributed by atoms with E-state index in [1.165, 1.54) is 6.07 Å². The number of carbonyl (C=O) groups excluding carboxylic acids is 1. The lowest BCUT2D eigenvalue weighted by atomic mass is 10.2. The maximum Gasteiger partial charge on any atom is 0.407 e. The highest BCUT2D eigenvalue weighted by Crippen LogP contribution is 2.20. The molecular weight excluding hydrogens is 278 g/mol. The van der Waals surface area contributed by atoms with Gasteiger partial charge in [0.15, 0.2) is 0 Å². The second kappa shape index (κ2) is 7.20. The molecule has 0 saturated heterocycles. The Kier molecular flexibility index (Phi) is 5.89. The average Bonchev–Trinajstić information content (AvgIpc) is 2.24. The predicted molar refractivity (Wildman–Crippen MR) is 81.0 cm³/mol. The van der Waals surface area contributed by atoms with Gasteiger partial charge in [-0.3, -0.25) is 0 Å². The highest BCUT2D eigenvalue weighted by molar-refractivity contribution is 6.30. The number of benzene rings is 1. The fraction of sp³-hybridized carbons (Fsp3) is 0.400. The van der Waals surface area contributed by atoms with E-state index in [1.807, 2.05) is 32.9 Å². The molecule has 0 aromatic heterocycles. The van der Waals surface area contributed by atoms with Crippen LogP contribution in [0.4, 0.5) is 4.79 Å². The first-order chi connectivity index (χ1) is 9.26. The van der Waals surface area contributed by atoms with E-state index in [1.54, 1.807) is 12.1 Å². The molecule has 0 aliphatic heterocycles. The summed E-state index contributed by atoms with van der Waals surface area (Å²) in [6.07, 6.45) is 3.96. The molecule has 0 bridgehead atoms. The van der Waals surface area contributed by atoms with Gasteiger partial charge in [-0.1, -0.05) is 23.8 Å². The Morgan fingerprint density at radius 2 is 2.10 bits per heavy atom. The number of amides is 1. The summed E-state index contributed by atoms with van der Waals surface area (Å²) in [6, 6.07) is 4.84. The van der Waals surface area contributed by atoms with Crippen molar-refractivity contribution in [3.05, 3.63) is 34.9 Å². The number of aromatic hydroxyl groups is 1. The number of nitrogens with one attached hydrogen (secondary N) is 1. The molecule has 0 atom stereocenters. The first-order valence-corrected chi connectivity index (χ1v) is 6.77. The predicted octanol–water partition coefficient (Wildman–Crippen LogP) is 3.97. The second-order valence-electron chi connectivity index (χ2n) is 5.36. The van der Waals surface area contributed by atoms with E-state index in [0.29, 0.717) is 18.0 Å². The first-order valence-electron chi connectivity index (χ1n) is 6.39. The largest absolute Gasteiger partial charge is 0.508 e. The highest BCUT2D eigenvalue weighted by Gasteiger charge is 2.15. The summed E-state index contributed by atoms with van der Waals surface area (Å²) in [6.45, 7) is 5.94. The molecule has 0 aliphatic carbocycles. The number of rotatable bonds is 4. The van der Waals surface area contributed by atoms with Gasteiger partial charge in [0, 0.05) is 11.6 Å². The van der Waals surface area contributed by atoms with Gasteiger partial charge >= 0.3 is 6.09 Å². The molecule has 0 fully saturated rings. The molecule has 1 aromatic carbocycles. The van der Waals surface area contributed by atoms with Gasteiger partial charge in [-0.15, -0.1) is 0 Å². The van der Waals surface area contributed by atoms with Crippen LogP contribution in [0.2, 0.25) is 5.02 Å². The fourth-order valence-corrected chi connectivity index (χ4v) is 1.72. The highest BCUT2D eigenvalue weighted by atomic mass is 35.5. The van der Waals surface area contributed by atoms with Crippen molar-refractivity contribution in [2.24, 2.45) is 0 Å². The third kappa shape index (κ3) is 7.04. The minimum atomic E-state index is -0.488. The number of alkyl carbamates (subject to hydrolysis) is 1. The van der Waals surface area contributed by atoms with Gasteiger partial charge in [-0.2, -0.15) is 0 Å². The number of hydrogen-bond acceptors (Lipinski definition) is 3. The van der Waals surface area contributed by atoms with E-state index in [4.69, 9.17) is 16.3 Å². The molecule has 0 unspecified atom stereocenters. The van der Waals surface area contributed by atoms with E-state index in [-0.39, 0.29) is 5.75 Å². The van der Waals surface area contributed by atoms with Gasteiger partial charge in [-0.05, 0) is 51.0 Å². The summed E-state index contributed by atoms with van der Waals surface area (Å²) in [7, 11) is 0. The molecule has 0 saturated carbocycles. The summed E-state index contributed by atoms with van der Waals surface area (Å²) in [5.41, 5.74) is 0.324. The smallest absolute Gasteiger partial charge is 0.407 e. The molecule has 1 rings (SSSR count). The molecule has 0 radical (unpaired) electrons. The lowest BCUT2D eigenvalue weighted by Crippen LogP contribution is -2.32. The number of ether oxygens (including phenoxy) is 1. The Morgan fingerprint density at radius 1 is 1.40 bits per heavy atom. The normalized spacial score (nSPS) is 11.6. The molecule has 0 heterocycles. The van der Waals surface area contributed by atoms with Crippen molar-refractivity contribution in [3.8, 4) is 5.75 Å². The van der Waals surface area contributed by atoms with Gasteiger partial charge < -0.3 is 15.2 Å². The van der Waals surface area contributed by atoms with Crippen LogP contribution >= 0.6 is 11.6 Å². The monoisotopic (exact) mass is 297 g/mol. The number of phenolic OH excluding ortho intramolecular Hbond substituents is 1. The maximum absolute atomic E-state index is 11.4. The van der Waals surface area contributed by atoms with Gasteiger partial charge in [0.25, 0.3) is 0 Å². The van der Waals surface area contributed by atoms with E-state index in [0.717, 1.165) is 5.56 Å². The van der Waals surface area contributed by atoms with Crippen LogP contribution < -0.4 is 5.32 Å². The Balaban J connectivity index is 2.34. The molecule has 1 aromatic rings. The van der Waals surface area contributed by atoms with Gasteiger partial charge in [-0.25, -0.2) is 4.79 Å². The topological polar surface area (TPSA) is 58.6 Å². The summed E-state index contributed by atoms with van der Waals surface area (Å²) in [4.78, 5) is 11.4.